The molecule has 0 saturated heterocycles. The van der Waals surface area contributed by atoms with Gasteiger partial charge >= 0.3 is 11.7 Å². The average Bonchev–Trinajstić information content (AvgIpc) is 2.77. The quantitative estimate of drug-likeness (QED) is 0.339. The number of nitro groups is 1. The summed E-state index contributed by atoms with van der Waals surface area (Å²) >= 11 is 0. The zero-order chi connectivity index (χ0) is 23.3. The first-order chi connectivity index (χ1) is 15.2. The van der Waals surface area contributed by atoms with Gasteiger partial charge in [0.05, 0.1) is 11.5 Å². The van der Waals surface area contributed by atoms with Crippen LogP contribution in [0, 0.1) is 15.9 Å². The maximum Gasteiger partial charge on any atom is 0.359 e. The maximum absolute atomic E-state index is 13.4. The van der Waals surface area contributed by atoms with Gasteiger partial charge < -0.3 is 10.1 Å². The standard InChI is InChI=1S/C21H17FN4O6/c1-13(20(28)23-15-7-8-16(22)18(11-15)26(30)31)32-21(29)17-9-10-19(27)25(24-17)12-14-5-3-2-4-6-14/h2-11,13H,12H2,1H3,(H,23,28). The molecule has 3 rings (SSSR count). The number of anilines is 1. The molecular weight excluding hydrogens is 423 g/mol. The van der Waals surface area contributed by atoms with Gasteiger partial charge in [-0.2, -0.15) is 9.49 Å². The summed E-state index contributed by atoms with van der Waals surface area (Å²) in [4.78, 5) is 46.6. The molecule has 1 atom stereocenters. The van der Waals surface area contributed by atoms with Crippen LogP contribution in [0.3, 0.4) is 0 Å². The molecule has 3 aromatic rings. The number of nitro benzene ring substituents is 1. The summed E-state index contributed by atoms with van der Waals surface area (Å²) < 4.78 is 19.6. The number of hydrogen-bond acceptors (Lipinski definition) is 7. The lowest BCUT2D eigenvalue weighted by Crippen LogP contribution is -2.31. The molecule has 0 saturated carbocycles. The van der Waals surface area contributed by atoms with Gasteiger partial charge in [0.25, 0.3) is 11.5 Å². The summed E-state index contributed by atoms with van der Waals surface area (Å²) in [6.07, 6.45) is -1.30. The fourth-order valence-electron chi connectivity index (χ4n) is 2.68. The van der Waals surface area contributed by atoms with E-state index in [1.807, 2.05) is 6.07 Å². The molecule has 32 heavy (non-hydrogen) atoms. The van der Waals surface area contributed by atoms with Crippen LogP contribution in [-0.4, -0.2) is 32.7 Å². The van der Waals surface area contributed by atoms with E-state index >= 15 is 0 Å². The lowest BCUT2D eigenvalue weighted by atomic mass is 10.2. The van der Waals surface area contributed by atoms with E-state index in [0.29, 0.717) is 0 Å². The van der Waals surface area contributed by atoms with Crippen molar-refractivity contribution in [1.82, 2.24) is 9.78 Å². The third-order valence-electron chi connectivity index (χ3n) is 4.31. The molecule has 0 aliphatic rings. The third-order valence-corrected chi connectivity index (χ3v) is 4.31. The third kappa shape index (κ3) is 5.39. The maximum atomic E-state index is 13.4. The van der Waals surface area contributed by atoms with Crippen LogP contribution in [0.4, 0.5) is 15.8 Å². The highest BCUT2D eigenvalue weighted by molar-refractivity contribution is 5.96. The van der Waals surface area contributed by atoms with Gasteiger partial charge in [-0.05, 0) is 30.7 Å². The predicted molar refractivity (Wildman–Crippen MR) is 111 cm³/mol. The molecular formula is C21H17FN4O6. The van der Waals surface area contributed by atoms with Crippen LogP contribution in [0.25, 0.3) is 0 Å². The highest BCUT2D eigenvalue weighted by Gasteiger charge is 2.22. The van der Waals surface area contributed by atoms with Gasteiger partial charge in [-0.3, -0.25) is 19.7 Å². The Morgan fingerprint density at radius 2 is 1.91 bits per heavy atom. The molecule has 0 aliphatic carbocycles. The van der Waals surface area contributed by atoms with E-state index in [1.54, 1.807) is 24.3 Å². The normalized spacial score (nSPS) is 11.4. The molecule has 1 N–H and O–H groups in total. The van der Waals surface area contributed by atoms with Crippen LogP contribution in [0.1, 0.15) is 23.0 Å². The minimum absolute atomic E-state index is 0.0412. The second kappa shape index (κ2) is 9.60. The van der Waals surface area contributed by atoms with Crippen molar-refractivity contribution in [3.05, 3.63) is 98.2 Å². The largest absolute Gasteiger partial charge is 0.448 e. The summed E-state index contributed by atoms with van der Waals surface area (Å²) in [6.45, 7) is 1.42. The fourth-order valence-corrected chi connectivity index (χ4v) is 2.68. The topological polar surface area (TPSA) is 133 Å². The number of ether oxygens (including phenoxy) is 1. The van der Waals surface area contributed by atoms with Crippen LogP contribution in [-0.2, 0) is 16.1 Å². The summed E-state index contributed by atoms with van der Waals surface area (Å²) in [5.41, 5.74) is -0.654. The molecule has 1 heterocycles. The van der Waals surface area contributed by atoms with Gasteiger partial charge in [-0.1, -0.05) is 30.3 Å². The molecule has 10 nitrogen and oxygen atoms in total. The number of hydrogen-bond donors (Lipinski definition) is 1. The van der Waals surface area contributed by atoms with Gasteiger partial charge in [-0.25, -0.2) is 9.48 Å². The smallest absolute Gasteiger partial charge is 0.359 e. The van der Waals surface area contributed by atoms with Crippen LogP contribution >= 0.6 is 0 Å². The highest BCUT2D eigenvalue weighted by Crippen LogP contribution is 2.21. The van der Waals surface area contributed by atoms with E-state index in [2.05, 4.69) is 10.4 Å². The Bertz CT molecular complexity index is 1230. The number of nitrogens with zero attached hydrogens (tertiary/aromatic N) is 3. The number of halogens is 1. The van der Waals surface area contributed by atoms with Gasteiger partial charge in [-0.15, -0.1) is 0 Å². The number of nitrogens with one attached hydrogen (secondary N) is 1. The summed E-state index contributed by atoms with van der Waals surface area (Å²) in [7, 11) is 0. The second-order valence-electron chi connectivity index (χ2n) is 6.66. The van der Waals surface area contributed by atoms with E-state index < -0.39 is 40.0 Å². The Balaban J connectivity index is 1.68. The zero-order valence-electron chi connectivity index (χ0n) is 16.7. The number of aromatic nitrogens is 2. The molecule has 0 spiro atoms. The SMILES string of the molecule is CC(OC(=O)c1ccc(=O)n(Cc2ccccc2)n1)C(=O)Nc1ccc(F)c([N+](=O)[O-])c1. The molecule has 0 aliphatic heterocycles. The summed E-state index contributed by atoms with van der Waals surface area (Å²) in [6, 6.07) is 14.2. The molecule has 2 aromatic carbocycles. The molecule has 1 aromatic heterocycles. The monoisotopic (exact) mass is 440 g/mol. The van der Waals surface area contributed by atoms with Crippen molar-refractivity contribution >= 4 is 23.3 Å². The first kappa shape index (κ1) is 22.3. The Morgan fingerprint density at radius 3 is 2.59 bits per heavy atom. The van der Waals surface area contributed by atoms with E-state index in [0.717, 1.165) is 34.5 Å². The Kier molecular flexibility index (Phi) is 6.68. The lowest BCUT2D eigenvalue weighted by molar-refractivity contribution is -0.387. The van der Waals surface area contributed by atoms with Gasteiger partial charge in [0.15, 0.2) is 11.8 Å². The Morgan fingerprint density at radius 1 is 1.19 bits per heavy atom. The fraction of sp³-hybridized carbons (Fsp3) is 0.143. The molecule has 0 radical (unpaired) electrons. The van der Waals surface area contributed by atoms with Gasteiger partial charge in [0, 0.05) is 17.8 Å². The first-order valence-corrected chi connectivity index (χ1v) is 9.32. The van der Waals surface area contributed by atoms with Crippen molar-refractivity contribution < 1.29 is 23.6 Å². The van der Waals surface area contributed by atoms with Crippen LogP contribution in [0.5, 0.6) is 0 Å². The molecule has 0 fully saturated rings. The van der Waals surface area contributed by atoms with Gasteiger partial charge in [0.2, 0.25) is 5.82 Å². The van der Waals surface area contributed by atoms with E-state index in [9.17, 15) is 28.9 Å². The van der Waals surface area contributed by atoms with Crippen molar-refractivity contribution in [2.24, 2.45) is 0 Å². The number of carbonyl (C=O) groups excluding carboxylic acids is 2. The number of esters is 1. The molecule has 0 bridgehead atoms. The van der Waals surface area contributed by atoms with Crippen molar-refractivity contribution in [1.29, 1.82) is 0 Å². The molecule has 11 heteroatoms. The molecule has 1 amide bonds. The summed E-state index contributed by atoms with van der Waals surface area (Å²) in [5.74, 6) is -2.79. The van der Waals surface area contributed by atoms with Crippen molar-refractivity contribution in [2.75, 3.05) is 5.32 Å². The number of rotatable bonds is 7. The average molecular weight is 440 g/mol. The second-order valence-corrected chi connectivity index (χ2v) is 6.66. The van der Waals surface area contributed by atoms with Crippen LogP contribution in [0.15, 0.2) is 65.5 Å². The minimum atomic E-state index is -1.30. The van der Waals surface area contributed by atoms with Gasteiger partial charge in [0.1, 0.15) is 0 Å². The van der Waals surface area contributed by atoms with E-state index in [4.69, 9.17) is 4.74 Å². The van der Waals surface area contributed by atoms with E-state index in [-0.39, 0.29) is 17.9 Å². The van der Waals surface area contributed by atoms with Crippen molar-refractivity contribution in [3.63, 3.8) is 0 Å². The molecule has 1 unspecified atom stereocenters. The minimum Gasteiger partial charge on any atom is -0.448 e. The Hall–Kier alpha value is -4.41. The first-order valence-electron chi connectivity index (χ1n) is 9.32. The number of amides is 1. The van der Waals surface area contributed by atoms with Crippen molar-refractivity contribution in [2.45, 2.75) is 19.6 Å². The van der Waals surface area contributed by atoms with Crippen LogP contribution in [0.2, 0.25) is 0 Å². The van der Waals surface area contributed by atoms with Crippen molar-refractivity contribution in [3.8, 4) is 0 Å². The zero-order valence-corrected chi connectivity index (χ0v) is 16.7. The van der Waals surface area contributed by atoms with Crippen LogP contribution < -0.4 is 10.9 Å². The van der Waals surface area contributed by atoms with E-state index in [1.165, 1.54) is 13.0 Å². The molecule has 164 valence electrons. The lowest BCUT2D eigenvalue weighted by Gasteiger charge is -2.14. The number of carbonyl (C=O) groups is 2. The highest BCUT2D eigenvalue weighted by atomic mass is 19.1. The predicted octanol–water partition coefficient (Wildman–Crippen LogP) is 2.52. The number of benzene rings is 2. The summed E-state index contributed by atoms with van der Waals surface area (Å²) in [5, 5.41) is 17.1. The Labute approximate surface area is 180 Å².